The number of nitrogens with two attached hydrogens (primary N) is 1. The maximum atomic E-state index is 9.77. The van der Waals surface area contributed by atoms with Crippen LogP contribution in [0.5, 0.6) is 5.75 Å². The molecule has 1 atom stereocenters. The zero-order valence-electron chi connectivity index (χ0n) is 9.48. The second-order valence-corrected chi connectivity index (χ2v) is 3.53. The second-order valence-electron chi connectivity index (χ2n) is 3.53. The number of nitrogens with zero attached hydrogens (tertiary/aromatic N) is 1. The summed E-state index contributed by atoms with van der Waals surface area (Å²) in [7, 11) is 0. The average Bonchev–Trinajstić information content (AvgIpc) is 2.27. The molecule has 0 saturated carbocycles. The molecule has 15 heavy (non-hydrogen) atoms. The van der Waals surface area contributed by atoms with Gasteiger partial charge in [0.05, 0.1) is 6.04 Å². The van der Waals surface area contributed by atoms with Gasteiger partial charge in [0, 0.05) is 12.1 Å². The predicted molar refractivity (Wildman–Crippen MR) is 62.8 cm³/mol. The van der Waals surface area contributed by atoms with Crippen molar-refractivity contribution in [3.8, 4) is 5.75 Å². The van der Waals surface area contributed by atoms with Gasteiger partial charge in [-0.25, -0.2) is 0 Å². The Balaban J connectivity index is 2.96. The molecular weight excluding hydrogens is 188 g/mol. The van der Waals surface area contributed by atoms with Gasteiger partial charge in [0.15, 0.2) is 0 Å². The van der Waals surface area contributed by atoms with Crippen molar-refractivity contribution in [3.63, 3.8) is 0 Å². The van der Waals surface area contributed by atoms with Gasteiger partial charge in [-0.2, -0.15) is 0 Å². The summed E-state index contributed by atoms with van der Waals surface area (Å²) < 4.78 is 0. The Labute approximate surface area is 91.5 Å². The van der Waals surface area contributed by atoms with Crippen LogP contribution in [-0.4, -0.2) is 29.6 Å². The number of likely N-dealkylation sites (N-methyl/N-ethyl adjacent to an activating group) is 1. The smallest absolute Gasteiger partial charge is 0.120 e. The topological polar surface area (TPSA) is 49.5 Å². The highest BCUT2D eigenvalue weighted by Crippen LogP contribution is 2.27. The van der Waals surface area contributed by atoms with Crippen molar-refractivity contribution in [1.29, 1.82) is 0 Å². The lowest BCUT2D eigenvalue weighted by Crippen LogP contribution is -2.33. The highest BCUT2D eigenvalue weighted by Gasteiger charge is 2.18. The van der Waals surface area contributed by atoms with Gasteiger partial charge in [-0.1, -0.05) is 32.0 Å². The van der Waals surface area contributed by atoms with Crippen molar-refractivity contribution in [1.82, 2.24) is 4.90 Å². The first kappa shape index (κ1) is 12.0. The Bertz CT molecular complexity index is 297. The fraction of sp³-hybridized carbons (Fsp3) is 0.500. The molecule has 0 bridgehead atoms. The van der Waals surface area contributed by atoms with Gasteiger partial charge in [0.2, 0.25) is 0 Å². The summed E-state index contributed by atoms with van der Waals surface area (Å²) in [5.41, 5.74) is 6.69. The van der Waals surface area contributed by atoms with Crippen LogP contribution in [0.2, 0.25) is 0 Å². The summed E-state index contributed by atoms with van der Waals surface area (Å²) >= 11 is 0. The molecule has 3 heteroatoms. The van der Waals surface area contributed by atoms with E-state index in [1.165, 1.54) is 0 Å². The van der Waals surface area contributed by atoms with Gasteiger partial charge < -0.3 is 10.8 Å². The maximum absolute atomic E-state index is 9.77. The van der Waals surface area contributed by atoms with Gasteiger partial charge in [-0.15, -0.1) is 0 Å². The molecule has 1 aromatic rings. The molecule has 1 rings (SSSR count). The second kappa shape index (κ2) is 5.73. The molecule has 0 heterocycles. The van der Waals surface area contributed by atoms with Gasteiger partial charge in [-0.05, 0) is 19.2 Å². The SMILES string of the molecule is CCN(CC)C(CN)c1ccccc1O. The van der Waals surface area contributed by atoms with Gasteiger partial charge in [-0.3, -0.25) is 4.90 Å². The fourth-order valence-corrected chi connectivity index (χ4v) is 1.91. The molecule has 0 saturated heterocycles. The molecule has 0 aliphatic carbocycles. The van der Waals surface area contributed by atoms with Crippen LogP contribution in [-0.2, 0) is 0 Å². The molecule has 3 N–H and O–H groups in total. The van der Waals surface area contributed by atoms with Crippen LogP contribution in [0.15, 0.2) is 24.3 Å². The summed E-state index contributed by atoms with van der Waals surface area (Å²) in [4.78, 5) is 2.25. The van der Waals surface area contributed by atoms with E-state index in [1.807, 2.05) is 18.2 Å². The van der Waals surface area contributed by atoms with Crippen LogP contribution in [0, 0.1) is 0 Å². The highest BCUT2D eigenvalue weighted by atomic mass is 16.3. The lowest BCUT2D eigenvalue weighted by molar-refractivity contribution is 0.220. The summed E-state index contributed by atoms with van der Waals surface area (Å²) in [5.74, 6) is 0.333. The van der Waals surface area contributed by atoms with Crippen molar-refractivity contribution in [2.24, 2.45) is 5.73 Å². The van der Waals surface area contributed by atoms with E-state index in [1.54, 1.807) is 6.07 Å². The highest BCUT2D eigenvalue weighted by molar-refractivity contribution is 5.34. The van der Waals surface area contributed by atoms with E-state index in [0.29, 0.717) is 12.3 Å². The standard InChI is InChI=1S/C12H20N2O/c1-3-14(4-2)11(9-13)10-7-5-6-8-12(10)15/h5-8,11,15H,3-4,9,13H2,1-2H3. The Morgan fingerprint density at radius 1 is 1.27 bits per heavy atom. The van der Waals surface area contributed by atoms with Crippen LogP contribution in [0.4, 0.5) is 0 Å². The number of rotatable bonds is 5. The van der Waals surface area contributed by atoms with E-state index >= 15 is 0 Å². The van der Waals surface area contributed by atoms with E-state index in [0.717, 1.165) is 18.7 Å². The quantitative estimate of drug-likeness (QED) is 0.775. The van der Waals surface area contributed by atoms with Crippen molar-refractivity contribution < 1.29 is 5.11 Å². The molecule has 0 amide bonds. The van der Waals surface area contributed by atoms with E-state index < -0.39 is 0 Å². The number of para-hydroxylation sites is 1. The molecule has 84 valence electrons. The third-order valence-corrected chi connectivity index (χ3v) is 2.77. The van der Waals surface area contributed by atoms with E-state index in [9.17, 15) is 5.11 Å². The van der Waals surface area contributed by atoms with E-state index in [2.05, 4.69) is 18.7 Å². The zero-order valence-corrected chi connectivity index (χ0v) is 9.48. The molecule has 1 aromatic carbocycles. The minimum absolute atomic E-state index is 0.112. The number of aromatic hydroxyl groups is 1. The number of phenols is 1. The fourth-order valence-electron chi connectivity index (χ4n) is 1.91. The van der Waals surface area contributed by atoms with Crippen LogP contribution in [0.25, 0.3) is 0 Å². The lowest BCUT2D eigenvalue weighted by Gasteiger charge is -2.29. The largest absolute Gasteiger partial charge is 0.508 e. The summed E-state index contributed by atoms with van der Waals surface area (Å²) in [6.45, 7) is 6.61. The third kappa shape index (κ3) is 2.70. The van der Waals surface area contributed by atoms with Crippen LogP contribution in [0.3, 0.4) is 0 Å². The predicted octanol–water partition coefficient (Wildman–Crippen LogP) is 1.73. The normalized spacial score (nSPS) is 13.1. The molecule has 0 aliphatic heterocycles. The maximum Gasteiger partial charge on any atom is 0.120 e. The molecule has 0 radical (unpaired) electrons. The van der Waals surface area contributed by atoms with Crippen LogP contribution in [0.1, 0.15) is 25.5 Å². The van der Waals surface area contributed by atoms with Gasteiger partial charge in [0.1, 0.15) is 5.75 Å². The van der Waals surface area contributed by atoms with Crippen molar-refractivity contribution >= 4 is 0 Å². The number of phenolic OH excluding ortho intramolecular Hbond substituents is 1. The summed E-state index contributed by atoms with van der Waals surface area (Å²) in [5, 5.41) is 9.77. The van der Waals surface area contributed by atoms with Crippen LogP contribution >= 0.6 is 0 Å². The first-order chi connectivity index (χ1) is 7.24. The molecule has 0 aliphatic rings. The Morgan fingerprint density at radius 2 is 1.87 bits per heavy atom. The van der Waals surface area contributed by atoms with E-state index in [-0.39, 0.29) is 6.04 Å². The van der Waals surface area contributed by atoms with Crippen molar-refractivity contribution in [2.45, 2.75) is 19.9 Å². The average molecular weight is 208 g/mol. The first-order valence-electron chi connectivity index (χ1n) is 5.46. The zero-order chi connectivity index (χ0) is 11.3. The Hall–Kier alpha value is -1.06. The third-order valence-electron chi connectivity index (χ3n) is 2.77. The van der Waals surface area contributed by atoms with Crippen molar-refractivity contribution in [3.05, 3.63) is 29.8 Å². The van der Waals surface area contributed by atoms with Gasteiger partial charge in [0.25, 0.3) is 0 Å². The molecule has 0 aromatic heterocycles. The number of hydrogen-bond donors (Lipinski definition) is 2. The monoisotopic (exact) mass is 208 g/mol. The molecule has 0 fully saturated rings. The number of hydrogen-bond acceptors (Lipinski definition) is 3. The minimum Gasteiger partial charge on any atom is -0.508 e. The summed E-state index contributed by atoms with van der Waals surface area (Å²) in [6.07, 6.45) is 0. The summed E-state index contributed by atoms with van der Waals surface area (Å²) in [6, 6.07) is 7.52. The molecule has 0 spiro atoms. The first-order valence-corrected chi connectivity index (χ1v) is 5.46. The van der Waals surface area contributed by atoms with E-state index in [4.69, 9.17) is 5.73 Å². The molecular formula is C12H20N2O. The minimum atomic E-state index is 0.112. The Kier molecular flexibility index (Phi) is 4.59. The van der Waals surface area contributed by atoms with Crippen LogP contribution < -0.4 is 5.73 Å². The van der Waals surface area contributed by atoms with Crippen molar-refractivity contribution in [2.75, 3.05) is 19.6 Å². The molecule has 1 unspecified atom stereocenters. The lowest BCUT2D eigenvalue weighted by atomic mass is 10.0. The molecule has 3 nitrogen and oxygen atoms in total. The van der Waals surface area contributed by atoms with Gasteiger partial charge >= 0.3 is 0 Å². The number of benzene rings is 1. The Morgan fingerprint density at radius 3 is 2.33 bits per heavy atom.